The van der Waals surface area contributed by atoms with Crippen molar-refractivity contribution in [3.05, 3.63) is 34.3 Å². The number of benzene rings is 1. The van der Waals surface area contributed by atoms with E-state index < -0.39 is 0 Å². The van der Waals surface area contributed by atoms with Gasteiger partial charge < -0.3 is 9.47 Å². The van der Waals surface area contributed by atoms with Crippen LogP contribution in [0.25, 0.3) is 0 Å². The molecule has 0 N–H and O–H groups in total. The third kappa shape index (κ3) is 4.01. The van der Waals surface area contributed by atoms with Gasteiger partial charge in [-0.2, -0.15) is 0 Å². The molecule has 0 saturated heterocycles. The van der Waals surface area contributed by atoms with Gasteiger partial charge in [0.15, 0.2) is 16.6 Å². The first-order valence-corrected chi connectivity index (χ1v) is 8.19. The number of nitrogens with zero attached hydrogens (tertiary/aromatic N) is 2. The maximum absolute atomic E-state index is 12.4. The number of hydrogen-bond acceptors (Lipinski definition) is 5. The van der Waals surface area contributed by atoms with Crippen LogP contribution >= 0.6 is 11.3 Å². The molecule has 0 atom stereocenters. The molecule has 0 fully saturated rings. The van der Waals surface area contributed by atoms with E-state index in [9.17, 15) is 4.79 Å². The molecule has 2 aromatic rings. The number of aryl methyl sites for hydroxylation is 3. The summed E-state index contributed by atoms with van der Waals surface area (Å²) in [5.74, 6) is 1.42. The highest BCUT2D eigenvalue weighted by atomic mass is 32.1. The largest absolute Gasteiger partial charge is 0.493 e. The molecule has 0 spiro atoms. The zero-order chi connectivity index (χ0) is 17.0. The molecule has 1 aromatic heterocycles. The van der Waals surface area contributed by atoms with Crippen molar-refractivity contribution >= 4 is 22.4 Å². The summed E-state index contributed by atoms with van der Waals surface area (Å²) in [4.78, 5) is 19.5. The number of amides is 1. The van der Waals surface area contributed by atoms with Gasteiger partial charge in [0.25, 0.3) is 0 Å². The highest BCUT2D eigenvalue weighted by Crippen LogP contribution is 2.28. The monoisotopic (exact) mass is 334 g/mol. The number of hydrogen-bond donors (Lipinski definition) is 0. The van der Waals surface area contributed by atoms with Crippen molar-refractivity contribution in [3.63, 3.8) is 0 Å². The number of methoxy groups -OCH3 is 2. The number of rotatable bonds is 6. The molecule has 0 radical (unpaired) electrons. The van der Waals surface area contributed by atoms with Crippen LogP contribution in [0.15, 0.2) is 18.2 Å². The van der Waals surface area contributed by atoms with Gasteiger partial charge in [0.1, 0.15) is 0 Å². The molecule has 0 aliphatic carbocycles. The Labute approximate surface area is 140 Å². The Morgan fingerprint density at radius 2 is 1.91 bits per heavy atom. The van der Waals surface area contributed by atoms with Crippen molar-refractivity contribution in [1.29, 1.82) is 0 Å². The average molecular weight is 334 g/mol. The lowest BCUT2D eigenvalue weighted by molar-refractivity contribution is -0.118. The number of carbonyl (C=O) groups is 1. The minimum Gasteiger partial charge on any atom is -0.493 e. The van der Waals surface area contributed by atoms with Crippen molar-refractivity contribution in [2.45, 2.75) is 26.7 Å². The van der Waals surface area contributed by atoms with Crippen molar-refractivity contribution in [1.82, 2.24) is 4.98 Å². The Bertz CT molecular complexity index is 678. The zero-order valence-electron chi connectivity index (χ0n) is 14.2. The van der Waals surface area contributed by atoms with Crippen molar-refractivity contribution < 1.29 is 14.3 Å². The van der Waals surface area contributed by atoms with E-state index in [2.05, 4.69) is 4.98 Å². The molecule has 0 unspecified atom stereocenters. The van der Waals surface area contributed by atoms with Gasteiger partial charge in [0.05, 0.1) is 19.9 Å². The SMILES string of the molecule is COc1ccc(CCC(=O)N(C)c2nc(C)c(C)s2)cc1OC. The van der Waals surface area contributed by atoms with E-state index in [1.54, 1.807) is 37.5 Å². The van der Waals surface area contributed by atoms with E-state index in [4.69, 9.17) is 9.47 Å². The topological polar surface area (TPSA) is 51.7 Å². The van der Waals surface area contributed by atoms with Gasteiger partial charge in [-0.05, 0) is 38.0 Å². The van der Waals surface area contributed by atoms with E-state index in [1.807, 2.05) is 32.0 Å². The van der Waals surface area contributed by atoms with Crippen LogP contribution in [0.1, 0.15) is 22.6 Å². The van der Waals surface area contributed by atoms with Gasteiger partial charge >= 0.3 is 0 Å². The second-order valence-electron chi connectivity index (χ2n) is 5.28. The van der Waals surface area contributed by atoms with Crippen LogP contribution in [0.2, 0.25) is 0 Å². The summed E-state index contributed by atoms with van der Waals surface area (Å²) < 4.78 is 10.5. The second kappa shape index (κ2) is 7.46. The molecule has 0 bridgehead atoms. The first-order valence-electron chi connectivity index (χ1n) is 7.37. The molecule has 5 nitrogen and oxygen atoms in total. The summed E-state index contributed by atoms with van der Waals surface area (Å²) in [7, 11) is 4.98. The molecule has 1 aromatic carbocycles. The van der Waals surface area contributed by atoms with Gasteiger partial charge in [-0.15, -0.1) is 11.3 Å². The fraction of sp³-hybridized carbons (Fsp3) is 0.412. The molecule has 0 aliphatic rings. The summed E-state index contributed by atoms with van der Waals surface area (Å²) >= 11 is 1.54. The van der Waals surface area contributed by atoms with Gasteiger partial charge in [-0.3, -0.25) is 9.69 Å². The summed E-state index contributed by atoms with van der Waals surface area (Å²) in [6.45, 7) is 3.97. The quantitative estimate of drug-likeness (QED) is 0.813. The number of carbonyl (C=O) groups excluding carboxylic acids is 1. The summed E-state index contributed by atoms with van der Waals surface area (Å²) in [5, 5.41) is 0.748. The number of thiazole rings is 1. The van der Waals surface area contributed by atoms with Gasteiger partial charge in [0, 0.05) is 18.3 Å². The zero-order valence-corrected chi connectivity index (χ0v) is 15.0. The van der Waals surface area contributed by atoms with Crippen LogP contribution in [0.3, 0.4) is 0 Å². The van der Waals surface area contributed by atoms with E-state index >= 15 is 0 Å². The highest BCUT2D eigenvalue weighted by molar-refractivity contribution is 7.15. The van der Waals surface area contributed by atoms with E-state index in [1.165, 1.54) is 0 Å². The predicted octanol–water partition coefficient (Wildman–Crippen LogP) is 3.37. The average Bonchev–Trinajstić information content (AvgIpc) is 2.90. The van der Waals surface area contributed by atoms with Crippen LogP contribution in [-0.4, -0.2) is 32.2 Å². The molecular weight excluding hydrogens is 312 g/mol. The normalized spacial score (nSPS) is 10.5. The summed E-state index contributed by atoms with van der Waals surface area (Å²) in [6.07, 6.45) is 1.07. The first-order chi connectivity index (χ1) is 11.0. The maximum Gasteiger partial charge on any atom is 0.228 e. The minimum atomic E-state index is 0.0496. The third-order valence-electron chi connectivity index (χ3n) is 3.75. The third-order valence-corrected chi connectivity index (χ3v) is 4.90. The van der Waals surface area contributed by atoms with Crippen LogP contribution in [0.5, 0.6) is 11.5 Å². The first kappa shape index (κ1) is 17.3. The van der Waals surface area contributed by atoms with Crippen LogP contribution in [-0.2, 0) is 11.2 Å². The number of anilines is 1. The Kier molecular flexibility index (Phi) is 5.60. The Morgan fingerprint density at radius 1 is 1.22 bits per heavy atom. The van der Waals surface area contributed by atoms with Crippen molar-refractivity contribution in [3.8, 4) is 11.5 Å². The molecule has 124 valence electrons. The predicted molar refractivity (Wildman–Crippen MR) is 92.9 cm³/mol. The van der Waals surface area contributed by atoms with E-state index in [0.717, 1.165) is 21.3 Å². The fourth-order valence-electron chi connectivity index (χ4n) is 2.16. The number of aromatic nitrogens is 1. The van der Waals surface area contributed by atoms with Crippen LogP contribution in [0.4, 0.5) is 5.13 Å². The maximum atomic E-state index is 12.4. The van der Waals surface area contributed by atoms with Gasteiger partial charge in [-0.25, -0.2) is 4.98 Å². The molecule has 23 heavy (non-hydrogen) atoms. The lowest BCUT2D eigenvalue weighted by Gasteiger charge is -2.14. The Balaban J connectivity index is 2.01. The number of ether oxygens (including phenoxy) is 2. The second-order valence-corrected chi connectivity index (χ2v) is 6.46. The van der Waals surface area contributed by atoms with E-state index in [-0.39, 0.29) is 5.91 Å². The molecule has 1 heterocycles. The molecule has 1 amide bonds. The minimum absolute atomic E-state index is 0.0496. The van der Waals surface area contributed by atoms with Crippen molar-refractivity contribution in [2.75, 3.05) is 26.2 Å². The van der Waals surface area contributed by atoms with E-state index in [0.29, 0.717) is 24.3 Å². The highest BCUT2D eigenvalue weighted by Gasteiger charge is 2.16. The van der Waals surface area contributed by atoms with Gasteiger partial charge in [-0.1, -0.05) is 6.07 Å². The standard InChI is InChI=1S/C17H22N2O3S/c1-11-12(2)23-17(18-11)19(3)16(20)9-7-13-6-8-14(21-4)15(10-13)22-5/h6,8,10H,7,9H2,1-5H3. The molecule has 0 aliphatic heterocycles. The Hall–Kier alpha value is -2.08. The Morgan fingerprint density at radius 3 is 2.48 bits per heavy atom. The molecule has 2 rings (SSSR count). The smallest absolute Gasteiger partial charge is 0.228 e. The fourth-order valence-corrected chi connectivity index (χ4v) is 3.05. The summed E-state index contributed by atoms with van der Waals surface area (Å²) in [6, 6.07) is 5.71. The molecule has 6 heteroatoms. The van der Waals surface area contributed by atoms with Gasteiger partial charge in [0.2, 0.25) is 5.91 Å². The lowest BCUT2D eigenvalue weighted by Crippen LogP contribution is -2.26. The van der Waals surface area contributed by atoms with Crippen LogP contribution < -0.4 is 14.4 Å². The van der Waals surface area contributed by atoms with Crippen LogP contribution in [0, 0.1) is 13.8 Å². The molecule has 0 saturated carbocycles. The lowest BCUT2D eigenvalue weighted by atomic mass is 10.1. The summed E-state index contributed by atoms with van der Waals surface area (Å²) in [5.41, 5.74) is 2.01. The molecular formula is C17H22N2O3S. The van der Waals surface area contributed by atoms with Crippen molar-refractivity contribution in [2.24, 2.45) is 0 Å².